The number of rotatable bonds is 3. The van der Waals surface area contributed by atoms with Crippen molar-refractivity contribution in [3.05, 3.63) is 64.2 Å². The minimum Gasteiger partial charge on any atom is -0.495 e. The summed E-state index contributed by atoms with van der Waals surface area (Å²) in [6, 6.07) is 14.0. The number of ether oxygens (including phenoxy) is 1. The van der Waals surface area contributed by atoms with E-state index in [1.807, 2.05) is 48.2 Å². The fraction of sp³-hybridized carbons (Fsp3) is 0.273. The summed E-state index contributed by atoms with van der Waals surface area (Å²) in [5.74, 6) is 0.770. The van der Waals surface area contributed by atoms with Crippen LogP contribution in [0.3, 0.4) is 0 Å². The maximum atomic E-state index is 13.4. The standard InChI is InChI=1S/C22H22N2O2S/c1-14-11-12-18(26-3)19-17(14)10-7-13-24(19)22(25)20-15(2)23-21(27-20)16-8-5-4-6-9-16/h4-6,8-9,11-12H,7,10,13H2,1-3H3. The average molecular weight is 378 g/mol. The van der Waals surface area contributed by atoms with Gasteiger partial charge in [0, 0.05) is 12.1 Å². The van der Waals surface area contributed by atoms with Gasteiger partial charge in [-0.1, -0.05) is 36.4 Å². The Morgan fingerprint density at radius 1 is 1.15 bits per heavy atom. The molecule has 1 aromatic heterocycles. The third kappa shape index (κ3) is 3.12. The Bertz CT molecular complexity index is 995. The maximum Gasteiger partial charge on any atom is 0.270 e. The van der Waals surface area contributed by atoms with Crippen LogP contribution < -0.4 is 9.64 Å². The van der Waals surface area contributed by atoms with Crippen molar-refractivity contribution in [1.29, 1.82) is 0 Å². The molecule has 2 aromatic carbocycles. The Kier molecular flexibility index (Phi) is 4.70. The number of amides is 1. The van der Waals surface area contributed by atoms with E-state index in [1.54, 1.807) is 7.11 Å². The first-order valence-corrected chi connectivity index (χ1v) is 9.93. The third-order valence-electron chi connectivity index (χ3n) is 5.04. The van der Waals surface area contributed by atoms with Crippen molar-refractivity contribution in [3.8, 4) is 16.3 Å². The second-order valence-electron chi connectivity index (χ2n) is 6.77. The zero-order valence-electron chi connectivity index (χ0n) is 15.8. The Morgan fingerprint density at radius 3 is 2.67 bits per heavy atom. The van der Waals surface area contributed by atoms with E-state index in [0.717, 1.165) is 40.5 Å². The summed E-state index contributed by atoms with van der Waals surface area (Å²) in [6.07, 6.45) is 1.93. The summed E-state index contributed by atoms with van der Waals surface area (Å²) in [7, 11) is 1.66. The number of carbonyl (C=O) groups excluding carboxylic acids is 1. The molecule has 0 N–H and O–H groups in total. The first-order chi connectivity index (χ1) is 13.1. The fourth-order valence-electron chi connectivity index (χ4n) is 3.64. The molecule has 5 heteroatoms. The van der Waals surface area contributed by atoms with Gasteiger partial charge in [-0.05, 0) is 43.9 Å². The van der Waals surface area contributed by atoms with E-state index in [1.165, 1.54) is 22.5 Å². The Labute approximate surface area is 163 Å². The highest BCUT2D eigenvalue weighted by molar-refractivity contribution is 7.17. The summed E-state index contributed by atoms with van der Waals surface area (Å²) in [5.41, 5.74) is 5.15. The molecular weight excluding hydrogens is 356 g/mol. The van der Waals surface area contributed by atoms with Crippen LogP contribution in [0.4, 0.5) is 5.69 Å². The number of hydrogen-bond donors (Lipinski definition) is 0. The van der Waals surface area contributed by atoms with Crippen LogP contribution >= 0.6 is 11.3 Å². The van der Waals surface area contributed by atoms with Gasteiger partial charge in [0.25, 0.3) is 5.91 Å². The molecule has 1 aliphatic heterocycles. The second-order valence-corrected chi connectivity index (χ2v) is 7.77. The lowest BCUT2D eigenvalue weighted by atomic mass is 9.96. The number of aromatic nitrogens is 1. The predicted molar refractivity (Wildman–Crippen MR) is 110 cm³/mol. The lowest BCUT2D eigenvalue weighted by Crippen LogP contribution is -2.36. The molecule has 0 aliphatic carbocycles. The van der Waals surface area contributed by atoms with Crippen LogP contribution in [0.1, 0.15) is 32.9 Å². The van der Waals surface area contributed by atoms with E-state index < -0.39 is 0 Å². The van der Waals surface area contributed by atoms with Crippen molar-refractivity contribution in [2.24, 2.45) is 0 Å². The molecule has 0 atom stereocenters. The normalized spacial score (nSPS) is 13.4. The molecule has 4 rings (SSSR count). The van der Waals surface area contributed by atoms with Gasteiger partial charge < -0.3 is 9.64 Å². The highest BCUT2D eigenvalue weighted by Gasteiger charge is 2.30. The minimum atomic E-state index is 0.0111. The molecule has 0 radical (unpaired) electrons. The lowest BCUT2D eigenvalue weighted by Gasteiger charge is -2.31. The number of hydrogen-bond acceptors (Lipinski definition) is 4. The molecule has 0 spiro atoms. The molecule has 4 nitrogen and oxygen atoms in total. The number of fused-ring (bicyclic) bond motifs is 1. The SMILES string of the molecule is COc1ccc(C)c2c1N(C(=O)c1sc(-c3ccccc3)nc1C)CCC2. The Hall–Kier alpha value is -2.66. The van der Waals surface area contributed by atoms with Gasteiger partial charge in [0.1, 0.15) is 15.6 Å². The lowest BCUT2D eigenvalue weighted by molar-refractivity contribution is 0.0987. The van der Waals surface area contributed by atoms with E-state index in [-0.39, 0.29) is 5.91 Å². The third-order valence-corrected chi connectivity index (χ3v) is 6.23. The summed E-state index contributed by atoms with van der Waals surface area (Å²) in [5, 5.41) is 0.880. The van der Waals surface area contributed by atoms with E-state index in [0.29, 0.717) is 11.4 Å². The van der Waals surface area contributed by atoms with Crippen LogP contribution in [-0.4, -0.2) is 24.5 Å². The van der Waals surface area contributed by atoms with Crippen molar-refractivity contribution < 1.29 is 9.53 Å². The fourth-order valence-corrected chi connectivity index (χ4v) is 4.66. The highest BCUT2D eigenvalue weighted by Crippen LogP contribution is 2.40. The zero-order chi connectivity index (χ0) is 19.0. The highest BCUT2D eigenvalue weighted by atomic mass is 32.1. The van der Waals surface area contributed by atoms with E-state index in [2.05, 4.69) is 18.0 Å². The van der Waals surface area contributed by atoms with Crippen molar-refractivity contribution in [1.82, 2.24) is 4.98 Å². The molecule has 0 bridgehead atoms. The largest absolute Gasteiger partial charge is 0.495 e. The van der Waals surface area contributed by atoms with Gasteiger partial charge in [-0.3, -0.25) is 4.79 Å². The molecule has 27 heavy (non-hydrogen) atoms. The smallest absolute Gasteiger partial charge is 0.270 e. The molecule has 0 saturated heterocycles. The quantitative estimate of drug-likeness (QED) is 0.642. The van der Waals surface area contributed by atoms with Crippen molar-refractivity contribution in [2.75, 3.05) is 18.6 Å². The van der Waals surface area contributed by atoms with Crippen LogP contribution in [0.2, 0.25) is 0 Å². The molecule has 3 aromatic rings. The van der Waals surface area contributed by atoms with Crippen LogP contribution in [0.15, 0.2) is 42.5 Å². The van der Waals surface area contributed by atoms with Gasteiger partial charge in [0.05, 0.1) is 18.5 Å². The molecule has 0 unspecified atom stereocenters. The minimum absolute atomic E-state index is 0.0111. The summed E-state index contributed by atoms with van der Waals surface area (Å²) >= 11 is 1.46. The zero-order valence-corrected chi connectivity index (χ0v) is 16.6. The first-order valence-electron chi connectivity index (χ1n) is 9.11. The molecule has 2 heterocycles. The molecular formula is C22H22N2O2S. The van der Waals surface area contributed by atoms with E-state index in [4.69, 9.17) is 4.74 Å². The number of anilines is 1. The van der Waals surface area contributed by atoms with Crippen molar-refractivity contribution >= 4 is 22.9 Å². The first kappa shape index (κ1) is 17.7. The topological polar surface area (TPSA) is 42.4 Å². The Balaban J connectivity index is 1.76. The number of carbonyl (C=O) groups is 1. The van der Waals surface area contributed by atoms with E-state index in [9.17, 15) is 4.79 Å². The molecule has 1 aliphatic rings. The number of aryl methyl sites for hydroxylation is 2. The number of thiazole rings is 1. The monoisotopic (exact) mass is 378 g/mol. The van der Waals surface area contributed by atoms with Crippen LogP contribution in [0, 0.1) is 13.8 Å². The maximum absolute atomic E-state index is 13.4. The molecule has 1 amide bonds. The van der Waals surface area contributed by atoms with Crippen LogP contribution in [-0.2, 0) is 6.42 Å². The molecule has 0 fully saturated rings. The van der Waals surface area contributed by atoms with Gasteiger partial charge in [0.15, 0.2) is 0 Å². The average Bonchev–Trinajstić information content (AvgIpc) is 3.10. The van der Waals surface area contributed by atoms with Crippen LogP contribution in [0.25, 0.3) is 10.6 Å². The van der Waals surface area contributed by atoms with E-state index >= 15 is 0 Å². The number of benzene rings is 2. The number of methoxy groups -OCH3 is 1. The predicted octanol–water partition coefficient (Wildman–Crippen LogP) is 5.03. The molecule has 0 saturated carbocycles. The van der Waals surface area contributed by atoms with Gasteiger partial charge in [0.2, 0.25) is 0 Å². The van der Waals surface area contributed by atoms with Gasteiger partial charge >= 0.3 is 0 Å². The summed E-state index contributed by atoms with van der Waals surface area (Å²) < 4.78 is 5.58. The Morgan fingerprint density at radius 2 is 1.93 bits per heavy atom. The van der Waals surface area contributed by atoms with Crippen molar-refractivity contribution in [2.45, 2.75) is 26.7 Å². The number of nitrogens with zero attached hydrogens (tertiary/aromatic N) is 2. The van der Waals surface area contributed by atoms with Crippen LogP contribution in [0.5, 0.6) is 5.75 Å². The van der Waals surface area contributed by atoms with Gasteiger partial charge in [-0.2, -0.15) is 0 Å². The van der Waals surface area contributed by atoms with Gasteiger partial charge in [-0.25, -0.2) is 4.98 Å². The van der Waals surface area contributed by atoms with Crippen molar-refractivity contribution in [3.63, 3.8) is 0 Å². The summed E-state index contributed by atoms with van der Waals surface area (Å²) in [4.78, 5) is 20.7. The second kappa shape index (κ2) is 7.16. The van der Waals surface area contributed by atoms with Gasteiger partial charge in [-0.15, -0.1) is 11.3 Å². The molecule has 138 valence electrons. The summed E-state index contributed by atoms with van der Waals surface area (Å²) in [6.45, 7) is 4.70.